The summed E-state index contributed by atoms with van der Waals surface area (Å²) in [7, 11) is 0. The second-order valence-corrected chi connectivity index (χ2v) is 3.66. The third-order valence-electron chi connectivity index (χ3n) is 2.37. The van der Waals surface area contributed by atoms with Gasteiger partial charge in [0.25, 0.3) is 5.91 Å². The lowest BCUT2D eigenvalue weighted by Gasteiger charge is -2.09. The zero-order valence-corrected chi connectivity index (χ0v) is 9.29. The molecule has 2 nitrogen and oxygen atoms in total. The van der Waals surface area contributed by atoms with Crippen LogP contribution in [0.3, 0.4) is 0 Å². The van der Waals surface area contributed by atoms with Gasteiger partial charge in [-0.1, -0.05) is 12.0 Å². The van der Waals surface area contributed by atoms with Crippen molar-refractivity contribution in [2.75, 3.05) is 0 Å². The predicted octanol–water partition coefficient (Wildman–Crippen LogP) is 2.05. The SMILES string of the molecule is C#CC(C)NC(=O)c1ccc(C)c(C)c1. The van der Waals surface area contributed by atoms with Crippen LogP contribution in [-0.2, 0) is 0 Å². The molecule has 0 aromatic heterocycles. The molecule has 0 saturated heterocycles. The average molecular weight is 201 g/mol. The van der Waals surface area contributed by atoms with Gasteiger partial charge in [0, 0.05) is 5.56 Å². The molecule has 0 aliphatic carbocycles. The number of benzene rings is 1. The van der Waals surface area contributed by atoms with Gasteiger partial charge in [-0.15, -0.1) is 6.42 Å². The van der Waals surface area contributed by atoms with Crippen LogP contribution in [0.2, 0.25) is 0 Å². The van der Waals surface area contributed by atoms with Gasteiger partial charge >= 0.3 is 0 Å². The van der Waals surface area contributed by atoms with E-state index in [1.807, 2.05) is 26.0 Å². The molecular weight excluding hydrogens is 186 g/mol. The number of carbonyl (C=O) groups excluding carboxylic acids is 1. The minimum Gasteiger partial charge on any atom is -0.339 e. The molecule has 0 spiro atoms. The Kier molecular flexibility index (Phi) is 3.51. The molecule has 0 aliphatic heterocycles. The van der Waals surface area contributed by atoms with Crippen LogP contribution in [0.15, 0.2) is 18.2 Å². The minimum absolute atomic E-state index is 0.122. The lowest BCUT2D eigenvalue weighted by atomic mass is 10.1. The number of amides is 1. The van der Waals surface area contributed by atoms with Crippen LogP contribution in [0, 0.1) is 26.2 Å². The predicted molar refractivity (Wildman–Crippen MR) is 61.7 cm³/mol. The summed E-state index contributed by atoms with van der Waals surface area (Å²) in [4.78, 5) is 11.7. The lowest BCUT2D eigenvalue weighted by molar-refractivity contribution is 0.0948. The number of nitrogens with one attached hydrogen (secondary N) is 1. The van der Waals surface area contributed by atoms with Crippen LogP contribution in [0.1, 0.15) is 28.4 Å². The molecule has 0 saturated carbocycles. The molecule has 0 fully saturated rings. The van der Waals surface area contributed by atoms with Crippen molar-refractivity contribution in [3.8, 4) is 12.3 Å². The second-order valence-electron chi connectivity index (χ2n) is 3.66. The largest absolute Gasteiger partial charge is 0.339 e. The van der Waals surface area contributed by atoms with E-state index in [0.29, 0.717) is 5.56 Å². The van der Waals surface area contributed by atoms with E-state index in [1.165, 1.54) is 5.56 Å². The van der Waals surface area contributed by atoms with E-state index in [-0.39, 0.29) is 11.9 Å². The maximum atomic E-state index is 11.7. The van der Waals surface area contributed by atoms with Crippen LogP contribution in [-0.4, -0.2) is 11.9 Å². The minimum atomic E-state index is -0.237. The number of terminal acetylenes is 1. The van der Waals surface area contributed by atoms with Crippen molar-refractivity contribution >= 4 is 5.91 Å². The van der Waals surface area contributed by atoms with Gasteiger partial charge in [-0.25, -0.2) is 0 Å². The van der Waals surface area contributed by atoms with Gasteiger partial charge in [0.2, 0.25) is 0 Å². The van der Waals surface area contributed by atoms with Crippen molar-refractivity contribution in [3.63, 3.8) is 0 Å². The number of hydrogen-bond donors (Lipinski definition) is 1. The molecule has 1 aromatic carbocycles. The van der Waals surface area contributed by atoms with Gasteiger partial charge in [0.1, 0.15) is 0 Å². The first-order valence-corrected chi connectivity index (χ1v) is 4.89. The highest BCUT2D eigenvalue weighted by Crippen LogP contribution is 2.09. The fourth-order valence-electron chi connectivity index (χ4n) is 1.20. The van der Waals surface area contributed by atoms with Gasteiger partial charge in [-0.3, -0.25) is 4.79 Å². The standard InChI is InChI=1S/C13H15NO/c1-5-11(4)14-13(15)12-7-6-9(2)10(3)8-12/h1,6-8,11H,2-4H3,(H,14,15). The zero-order chi connectivity index (χ0) is 11.4. The molecular formula is C13H15NO. The average Bonchev–Trinajstić information content (AvgIpc) is 2.21. The molecule has 2 heteroatoms. The monoisotopic (exact) mass is 201 g/mol. The van der Waals surface area contributed by atoms with Gasteiger partial charge in [0.15, 0.2) is 0 Å². The summed E-state index contributed by atoms with van der Waals surface area (Å²) in [6.07, 6.45) is 5.19. The van der Waals surface area contributed by atoms with Crippen molar-refractivity contribution in [1.29, 1.82) is 0 Å². The number of rotatable bonds is 2. The fourth-order valence-corrected chi connectivity index (χ4v) is 1.20. The Morgan fingerprint density at radius 3 is 2.60 bits per heavy atom. The molecule has 1 amide bonds. The van der Waals surface area contributed by atoms with E-state index in [9.17, 15) is 4.79 Å². The van der Waals surface area contributed by atoms with Crippen LogP contribution >= 0.6 is 0 Å². The maximum absolute atomic E-state index is 11.7. The first kappa shape index (κ1) is 11.3. The molecule has 78 valence electrons. The Bertz CT molecular complexity index is 415. The van der Waals surface area contributed by atoms with Gasteiger partial charge in [0.05, 0.1) is 6.04 Å². The van der Waals surface area contributed by atoms with E-state index >= 15 is 0 Å². The Balaban J connectivity index is 2.84. The highest BCUT2D eigenvalue weighted by atomic mass is 16.1. The Hall–Kier alpha value is -1.75. The highest BCUT2D eigenvalue weighted by molar-refractivity contribution is 5.94. The van der Waals surface area contributed by atoms with Crippen LogP contribution in [0.4, 0.5) is 0 Å². The van der Waals surface area contributed by atoms with E-state index in [0.717, 1.165) is 5.56 Å². The summed E-state index contributed by atoms with van der Waals surface area (Å²) in [6, 6.07) is 5.37. The van der Waals surface area contributed by atoms with Crippen molar-refractivity contribution in [3.05, 3.63) is 34.9 Å². The van der Waals surface area contributed by atoms with Crippen LogP contribution in [0.5, 0.6) is 0 Å². The van der Waals surface area contributed by atoms with Crippen LogP contribution in [0.25, 0.3) is 0 Å². The molecule has 1 N–H and O–H groups in total. The third-order valence-corrected chi connectivity index (χ3v) is 2.37. The smallest absolute Gasteiger partial charge is 0.252 e. The molecule has 1 aromatic rings. The molecule has 1 unspecified atom stereocenters. The first-order valence-electron chi connectivity index (χ1n) is 4.89. The van der Waals surface area contributed by atoms with E-state index < -0.39 is 0 Å². The molecule has 0 heterocycles. The number of hydrogen-bond acceptors (Lipinski definition) is 1. The van der Waals surface area contributed by atoms with Crippen molar-refractivity contribution in [2.24, 2.45) is 0 Å². The summed E-state index contributed by atoms with van der Waals surface area (Å²) in [6.45, 7) is 5.77. The van der Waals surface area contributed by atoms with E-state index in [2.05, 4.69) is 11.2 Å². The zero-order valence-electron chi connectivity index (χ0n) is 9.29. The molecule has 0 aliphatic rings. The molecule has 1 atom stereocenters. The van der Waals surface area contributed by atoms with E-state index in [4.69, 9.17) is 6.42 Å². The van der Waals surface area contributed by atoms with Crippen molar-refractivity contribution < 1.29 is 4.79 Å². The van der Waals surface area contributed by atoms with Gasteiger partial charge in [-0.05, 0) is 44.0 Å². The summed E-state index contributed by atoms with van der Waals surface area (Å²) in [5.41, 5.74) is 2.94. The Morgan fingerprint density at radius 1 is 1.40 bits per heavy atom. The van der Waals surface area contributed by atoms with Gasteiger partial charge < -0.3 is 5.32 Å². The lowest BCUT2D eigenvalue weighted by Crippen LogP contribution is -2.31. The number of carbonyl (C=O) groups is 1. The summed E-state index contributed by atoms with van der Waals surface area (Å²) >= 11 is 0. The summed E-state index contributed by atoms with van der Waals surface area (Å²) in [5, 5.41) is 2.72. The fraction of sp³-hybridized carbons (Fsp3) is 0.308. The van der Waals surface area contributed by atoms with Crippen molar-refractivity contribution in [1.82, 2.24) is 5.32 Å². The normalized spacial score (nSPS) is 11.6. The number of aryl methyl sites for hydroxylation is 2. The van der Waals surface area contributed by atoms with Gasteiger partial charge in [-0.2, -0.15) is 0 Å². The second kappa shape index (κ2) is 4.65. The highest BCUT2D eigenvalue weighted by Gasteiger charge is 2.08. The molecule has 1 rings (SSSR count). The topological polar surface area (TPSA) is 29.1 Å². The summed E-state index contributed by atoms with van der Waals surface area (Å²) < 4.78 is 0. The van der Waals surface area contributed by atoms with Crippen LogP contribution < -0.4 is 5.32 Å². The Morgan fingerprint density at radius 2 is 2.07 bits per heavy atom. The summed E-state index contributed by atoms with van der Waals surface area (Å²) in [5.74, 6) is 2.34. The van der Waals surface area contributed by atoms with E-state index in [1.54, 1.807) is 13.0 Å². The van der Waals surface area contributed by atoms with Crippen molar-refractivity contribution in [2.45, 2.75) is 26.8 Å². The third kappa shape index (κ3) is 2.85. The maximum Gasteiger partial charge on any atom is 0.252 e. The molecule has 0 radical (unpaired) electrons. The first-order chi connectivity index (χ1) is 7.04. The molecule has 15 heavy (non-hydrogen) atoms. The quantitative estimate of drug-likeness (QED) is 0.729. The molecule has 0 bridgehead atoms. The Labute approximate surface area is 90.7 Å².